The van der Waals surface area contributed by atoms with Crippen molar-refractivity contribution >= 4 is 92.2 Å². The van der Waals surface area contributed by atoms with Crippen molar-refractivity contribution in [2.24, 2.45) is 41.4 Å². The van der Waals surface area contributed by atoms with Gasteiger partial charge in [0.15, 0.2) is 0 Å². The van der Waals surface area contributed by atoms with Crippen LogP contribution in [0, 0.1) is 76.0 Å². The first-order valence-electron chi connectivity index (χ1n) is 45.7. The van der Waals surface area contributed by atoms with E-state index in [1.54, 1.807) is 21.2 Å². The predicted molar refractivity (Wildman–Crippen MR) is 541 cm³/mol. The Morgan fingerprint density at radius 3 is 0.689 bits per heavy atom. The van der Waals surface area contributed by atoms with Crippen molar-refractivity contribution in [3.8, 4) is 0 Å². The zero-order valence-corrected chi connectivity index (χ0v) is 76.3. The third-order valence-corrected chi connectivity index (χ3v) is 36.4. The van der Waals surface area contributed by atoms with E-state index in [1.807, 2.05) is 0 Å². The molecule has 7 fully saturated rings. The van der Waals surface area contributed by atoms with Gasteiger partial charge in [-0.2, -0.15) is 0 Å². The van der Waals surface area contributed by atoms with Crippen LogP contribution in [0.15, 0.2) is 200 Å². The second-order valence-corrected chi connectivity index (χ2v) is 42.2. The van der Waals surface area contributed by atoms with Crippen LogP contribution in [0.1, 0.15) is 337 Å². The first-order chi connectivity index (χ1) is 55.6. The van der Waals surface area contributed by atoms with Gasteiger partial charge in [-0.25, -0.2) is 0 Å². The van der Waals surface area contributed by atoms with E-state index in [9.17, 15) is 0 Å². The molecule has 0 aromatic heterocycles. The zero-order valence-electron chi connectivity index (χ0n) is 72.2. The number of hydrogen-bond donors (Lipinski definition) is 0. The lowest BCUT2D eigenvalue weighted by Gasteiger charge is -2.36. The van der Waals surface area contributed by atoms with Crippen LogP contribution in [0.5, 0.6) is 0 Å². The molecule has 7 aliphatic carbocycles. The zero-order chi connectivity index (χ0) is 79.2. The Morgan fingerprint density at radius 1 is 0.210 bits per heavy atom. The van der Waals surface area contributed by atoms with Gasteiger partial charge in [0.25, 0.3) is 0 Å². The lowest BCUT2D eigenvalue weighted by Crippen LogP contribution is -2.35. The Hall–Kier alpha value is -5.23. The Balaban J connectivity index is 0.000000168. The summed E-state index contributed by atoms with van der Waals surface area (Å²) in [6, 6.07) is 55.5. The fourth-order valence-corrected chi connectivity index (χ4v) is 29.8. The van der Waals surface area contributed by atoms with Crippen LogP contribution in [0.25, 0.3) is 4.91 Å². The minimum atomic E-state index is 0. The molecule has 0 bridgehead atoms. The van der Waals surface area contributed by atoms with Crippen LogP contribution < -0.4 is 24.5 Å². The lowest BCUT2D eigenvalue weighted by molar-refractivity contribution is 0.349. The number of benzene rings is 6. The average molecular weight is 1700 g/mol. The number of anilines is 5. The largest absolute Gasteiger partial charge is 0.331 e. The molecular weight excluding hydrogens is 1540 g/mol. The highest BCUT2D eigenvalue weighted by molar-refractivity contribution is 8.09. The molecule has 7 saturated carbocycles. The molecule has 5 atom stereocenters. The smallest absolute Gasteiger partial charge is 0.0871 e. The SMILES string of the molecule is C.C.C.C.C.CC1=C(C)N(c2ccccc2C)C(C2CCCCC2)S1.CC1=C(C)N(c2ccccc2C)C(C2CCCCC2)S1.CC1=C(C2CCCC2)SC(C2CCCCC2)N1c1ccccc1C.CC1=C(C2CCCCC2)SC(C2CCCCC2)N1c1ccccc1C.CC1=C(c2ccccc2)SC(C2CCCCC2)N1c1ccccc1C. The second kappa shape index (κ2) is 47.2. The van der Waals surface area contributed by atoms with E-state index in [1.165, 1.54) is 312 Å². The maximum Gasteiger partial charge on any atom is 0.0871 e. The molecule has 5 aliphatic heterocycles. The summed E-state index contributed by atoms with van der Waals surface area (Å²) >= 11 is 10.8. The second-order valence-electron chi connectivity index (χ2n) is 36.1. The summed E-state index contributed by atoms with van der Waals surface area (Å²) in [7, 11) is 0. The standard InChI is InChI=1S/C23H33NS.C23H27NS.C22H31NS.2C18H25NS.5CH4/c2*1-17-11-9-10-16-21(17)24-18(2)22(19-12-5-3-6-13-19)25-23(24)20-14-7-4-8-15-20;1-16-10-6-9-15-20(16)23-17(2)21(18-11-7-8-12-18)24-22(23)19-13-4-3-5-14-19;2*1-13-9-7-8-12-17(13)19-14(2)15(3)20-18(19)16-10-5-4-6-11-16;;;;;/h9-11,16,19-20,23H,3-8,12-15H2,1-2H3;3,5-6,9-13,16,20,23H,4,7-8,14-15H2,1-2H3;6,9-10,15,18-19,22H,3-5,7-8,11-14H2,1-2H3;2*7-9,12,16,18H,4-6,10-11H2,1-3H3;5*1H4. The molecule has 6 aromatic carbocycles. The fraction of sp³-hybridized carbons (Fsp3) is 0.578. The average Bonchev–Trinajstić information content (AvgIpc) is 1.63. The molecule has 0 N–H and O–H groups in total. The van der Waals surface area contributed by atoms with Gasteiger partial charge >= 0.3 is 0 Å². The highest BCUT2D eigenvalue weighted by atomic mass is 32.2. The summed E-state index contributed by atoms with van der Waals surface area (Å²) < 4.78 is 0. The first kappa shape index (κ1) is 97.6. The molecule has 10 heteroatoms. The summed E-state index contributed by atoms with van der Waals surface area (Å²) in [6.45, 7) is 27.5. The van der Waals surface area contributed by atoms with Crippen LogP contribution >= 0.6 is 58.8 Å². The predicted octanol–water partition coefficient (Wildman–Crippen LogP) is 35.6. The van der Waals surface area contributed by atoms with Crippen LogP contribution in [-0.2, 0) is 0 Å². The van der Waals surface area contributed by atoms with E-state index in [0.717, 1.165) is 41.4 Å². The molecule has 5 heterocycles. The monoisotopic (exact) mass is 1700 g/mol. The Morgan fingerprint density at radius 2 is 0.420 bits per heavy atom. The summed E-state index contributed by atoms with van der Waals surface area (Å²) in [5.41, 5.74) is 22.9. The quantitative estimate of drug-likeness (QED) is 0.111. The molecule has 652 valence electrons. The summed E-state index contributed by atoms with van der Waals surface area (Å²) in [4.78, 5) is 21.3. The van der Waals surface area contributed by atoms with Gasteiger partial charge in [0.2, 0.25) is 0 Å². The normalized spacial score (nSPS) is 23.8. The lowest BCUT2D eigenvalue weighted by atomic mass is 9.87. The Kier molecular flexibility index (Phi) is 38.7. The third-order valence-electron chi connectivity index (χ3n) is 28.3. The van der Waals surface area contributed by atoms with Gasteiger partial charge in [-0.3, -0.25) is 0 Å². The van der Waals surface area contributed by atoms with E-state index in [4.69, 9.17) is 0 Å². The number of nitrogens with zero attached hydrogens (tertiary/aromatic N) is 5. The minimum Gasteiger partial charge on any atom is -0.331 e. The first-order valence-corrected chi connectivity index (χ1v) is 50.1. The molecule has 0 saturated heterocycles. The van der Waals surface area contributed by atoms with E-state index < -0.39 is 0 Å². The van der Waals surface area contributed by atoms with Crippen LogP contribution in [0.4, 0.5) is 28.4 Å². The molecule has 119 heavy (non-hydrogen) atoms. The molecule has 6 aromatic rings. The number of aryl methyl sites for hydroxylation is 5. The molecule has 12 aliphatic rings. The number of allylic oxidation sites excluding steroid dienone is 9. The minimum absolute atomic E-state index is 0. The molecule has 0 radical (unpaired) electrons. The van der Waals surface area contributed by atoms with Crippen molar-refractivity contribution < 1.29 is 0 Å². The molecular formula is C109H161N5S5. The summed E-state index contributed by atoms with van der Waals surface area (Å²) in [5.74, 6) is 5.87. The highest BCUT2D eigenvalue weighted by Gasteiger charge is 2.45. The Bertz CT molecular complexity index is 4180. The number of para-hydroxylation sites is 5. The van der Waals surface area contributed by atoms with Crippen molar-refractivity contribution in [3.05, 3.63) is 233 Å². The molecule has 0 spiro atoms. The molecule has 5 nitrogen and oxygen atoms in total. The number of rotatable bonds is 13. The van der Waals surface area contributed by atoms with Crippen LogP contribution in [-0.4, -0.2) is 26.9 Å². The van der Waals surface area contributed by atoms with Crippen molar-refractivity contribution in [2.45, 2.75) is 365 Å². The van der Waals surface area contributed by atoms with Crippen LogP contribution in [0.2, 0.25) is 0 Å². The fourth-order valence-electron chi connectivity index (χ4n) is 21.7. The van der Waals surface area contributed by atoms with E-state index in [-0.39, 0.29) is 37.1 Å². The van der Waals surface area contributed by atoms with E-state index in [2.05, 4.69) is 318 Å². The van der Waals surface area contributed by atoms with Gasteiger partial charge in [0, 0.05) is 81.4 Å². The number of hydrogen-bond acceptors (Lipinski definition) is 10. The van der Waals surface area contributed by atoms with Crippen molar-refractivity contribution in [2.75, 3.05) is 24.5 Å². The maximum absolute atomic E-state index is 2.74. The maximum atomic E-state index is 2.74. The molecule has 5 unspecified atom stereocenters. The van der Waals surface area contributed by atoms with Gasteiger partial charge in [-0.15, -0.1) is 47.0 Å². The van der Waals surface area contributed by atoms with Crippen LogP contribution in [0.3, 0.4) is 0 Å². The van der Waals surface area contributed by atoms with Crippen molar-refractivity contribution in [1.82, 2.24) is 0 Å². The summed E-state index contributed by atoms with van der Waals surface area (Å²) in [5, 5.41) is 3.06. The van der Waals surface area contributed by atoms with Gasteiger partial charge in [-0.05, 0) is 278 Å². The van der Waals surface area contributed by atoms with Crippen molar-refractivity contribution in [3.63, 3.8) is 0 Å². The van der Waals surface area contributed by atoms with E-state index >= 15 is 0 Å². The number of thioether (sulfide) groups is 5. The highest BCUT2D eigenvalue weighted by Crippen LogP contribution is 2.57. The topological polar surface area (TPSA) is 16.2 Å². The van der Waals surface area contributed by atoms with Gasteiger partial charge in [-0.1, -0.05) is 299 Å². The van der Waals surface area contributed by atoms with Gasteiger partial charge in [0.05, 0.1) is 26.9 Å². The third kappa shape index (κ3) is 23.1. The summed E-state index contributed by atoms with van der Waals surface area (Å²) in [6.07, 6.45) is 48.2. The molecule has 0 amide bonds. The van der Waals surface area contributed by atoms with Gasteiger partial charge < -0.3 is 24.5 Å². The molecule has 18 rings (SSSR count). The van der Waals surface area contributed by atoms with E-state index in [0.29, 0.717) is 26.9 Å². The van der Waals surface area contributed by atoms with Gasteiger partial charge in [0.1, 0.15) is 0 Å². The Labute approximate surface area is 750 Å². The van der Waals surface area contributed by atoms with Crippen molar-refractivity contribution in [1.29, 1.82) is 0 Å².